The molecule has 0 aromatic heterocycles. The molecular weight excluding hydrogens is 606 g/mol. The zero-order valence-electron chi connectivity index (χ0n) is 24.9. The van der Waals surface area contributed by atoms with Crippen LogP contribution in [0.2, 0.25) is 0 Å². The van der Waals surface area contributed by atoms with Crippen molar-refractivity contribution in [2.45, 2.75) is 56.4 Å². The van der Waals surface area contributed by atoms with Crippen molar-refractivity contribution in [1.29, 1.82) is 0 Å². The Kier molecular flexibility index (Phi) is 9.31. The average molecular weight is 638 g/mol. The largest absolute Gasteiger partial charge is 0.465 e. The summed E-state index contributed by atoms with van der Waals surface area (Å²) < 4.78 is 59.5. The maximum Gasteiger partial charge on any atom is 0.343 e. The molecule has 3 atom stereocenters. The molecule has 2 heterocycles. The van der Waals surface area contributed by atoms with E-state index in [2.05, 4.69) is 17.0 Å². The number of nitrogens with zero attached hydrogens (tertiary/aromatic N) is 1. The molecule has 2 aliphatic rings. The van der Waals surface area contributed by atoms with Crippen LogP contribution in [0.15, 0.2) is 70.7 Å². The number of carbonyl (C=O) groups is 1. The van der Waals surface area contributed by atoms with Crippen LogP contribution in [-0.2, 0) is 35.8 Å². The van der Waals surface area contributed by atoms with Gasteiger partial charge in [-0.05, 0) is 38.5 Å². The molecule has 5 rings (SSSR count). The van der Waals surface area contributed by atoms with E-state index in [1.807, 2.05) is 30.3 Å². The van der Waals surface area contributed by atoms with Gasteiger partial charge < -0.3 is 37.8 Å². The first-order valence-corrected chi connectivity index (χ1v) is 15.2. The van der Waals surface area contributed by atoms with Gasteiger partial charge in [-0.15, -0.1) is 0 Å². The molecule has 1 N–H and O–H groups in total. The molecule has 13 heteroatoms. The smallest absolute Gasteiger partial charge is 0.343 e. The van der Waals surface area contributed by atoms with Crippen molar-refractivity contribution in [3.05, 3.63) is 82.9 Å². The third-order valence-electron chi connectivity index (χ3n) is 6.70. The first-order valence-electron chi connectivity index (χ1n) is 13.8. The topological polar surface area (TPSA) is 148 Å². The second-order valence-corrected chi connectivity index (χ2v) is 12.0. The first-order chi connectivity index (χ1) is 21.5. The Bertz CT molecular complexity index is 1740. The molecule has 0 bridgehead atoms. The number of aryl methyl sites for hydroxylation is 1. The number of oxime groups is 1. The number of carbonyl (C=O) groups excluding carboxylic acids is 1. The molecule has 12 nitrogen and oxygen atoms in total. The summed E-state index contributed by atoms with van der Waals surface area (Å²) in [4.78, 5) is 18.2. The highest BCUT2D eigenvalue weighted by Gasteiger charge is 2.44. The van der Waals surface area contributed by atoms with Gasteiger partial charge >= 0.3 is 16.1 Å². The van der Waals surface area contributed by atoms with Crippen LogP contribution in [0.1, 0.15) is 40.9 Å². The Morgan fingerprint density at radius 1 is 1.13 bits per heavy atom. The summed E-state index contributed by atoms with van der Waals surface area (Å²) in [5, 5.41) is 15.0. The molecule has 45 heavy (non-hydrogen) atoms. The molecule has 1 saturated heterocycles. The average Bonchev–Trinajstić information content (AvgIpc) is 3.61. The van der Waals surface area contributed by atoms with Gasteiger partial charge in [0.2, 0.25) is 18.3 Å². The Balaban J connectivity index is 1.44. The minimum atomic E-state index is -4.43. The Hall–Kier alpha value is -4.61. The maximum atomic E-state index is 13.2. The maximum absolute atomic E-state index is 13.2. The van der Waals surface area contributed by atoms with Crippen molar-refractivity contribution in [3.8, 4) is 29.1 Å². The normalized spacial score (nSPS) is 19.0. The van der Waals surface area contributed by atoms with Gasteiger partial charge in [-0.3, -0.25) is 0 Å². The predicted octanol–water partition coefficient (Wildman–Crippen LogP) is 3.71. The number of fused-ring (bicyclic) bond motifs is 1. The molecule has 3 aromatic carbocycles. The van der Waals surface area contributed by atoms with Gasteiger partial charge in [0.15, 0.2) is 11.5 Å². The number of ether oxygens (including phenoxy) is 5. The summed E-state index contributed by atoms with van der Waals surface area (Å²) in [5.41, 5.74) is 1.37. The van der Waals surface area contributed by atoms with E-state index in [4.69, 9.17) is 32.7 Å². The molecule has 1 fully saturated rings. The Morgan fingerprint density at radius 3 is 2.58 bits per heavy atom. The minimum absolute atomic E-state index is 0.0474. The molecule has 0 saturated carbocycles. The van der Waals surface area contributed by atoms with Crippen LogP contribution >= 0.6 is 0 Å². The molecule has 2 aliphatic heterocycles. The van der Waals surface area contributed by atoms with E-state index < -0.39 is 45.9 Å². The van der Waals surface area contributed by atoms with Crippen molar-refractivity contribution in [3.63, 3.8) is 0 Å². The van der Waals surface area contributed by atoms with Crippen LogP contribution in [-0.4, -0.2) is 63.7 Å². The van der Waals surface area contributed by atoms with Crippen LogP contribution in [0.3, 0.4) is 0 Å². The minimum Gasteiger partial charge on any atom is -0.465 e. The van der Waals surface area contributed by atoms with Crippen LogP contribution in [0, 0.1) is 18.8 Å². The van der Waals surface area contributed by atoms with Crippen LogP contribution in [0.4, 0.5) is 0 Å². The fraction of sp³-hybridized carbons (Fsp3) is 0.312. The molecule has 0 unspecified atom stereocenters. The number of benzene rings is 3. The quantitative estimate of drug-likeness (QED) is 0.120. The van der Waals surface area contributed by atoms with Gasteiger partial charge in [0.05, 0.1) is 13.3 Å². The lowest BCUT2D eigenvalue weighted by Crippen LogP contribution is -2.35. The number of hydrogen-bond donors (Lipinski definition) is 1. The summed E-state index contributed by atoms with van der Waals surface area (Å²) in [6.07, 6.45) is -1.91. The van der Waals surface area contributed by atoms with Gasteiger partial charge in [0.25, 0.3) is 0 Å². The lowest BCUT2D eigenvalue weighted by Gasteiger charge is -2.18. The summed E-state index contributed by atoms with van der Waals surface area (Å²) in [6, 6.07) is 16.8. The molecule has 236 valence electrons. The number of aliphatic hydroxyl groups excluding tert-OH is 1. The van der Waals surface area contributed by atoms with Gasteiger partial charge in [-0.2, -0.15) is 8.42 Å². The zero-order valence-corrected chi connectivity index (χ0v) is 25.7. The van der Waals surface area contributed by atoms with Crippen molar-refractivity contribution in [2.75, 3.05) is 13.9 Å². The standard InChI is InChI=1S/C32H31NO11S/c1-20-10-13-23(14-11-20)45(36,37)44-30-27(31(35)38-4)22(16-25-29(30)40-19-39-25)12-15-24(34)28-26(42-32(2,3)43-28)17-33-41-18-21-8-6-5-7-9-21/h5-11,13-14,16-17,24,26,28,34H,18-19H2,1-4H3/b33-17+/t24-,26-,28+/m0/s1. The van der Waals surface area contributed by atoms with Crippen molar-refractivity contribution < 1.29 is 51.0 Å². The highest BCUT2D eigenvalue weighted by atomic mass is 32.2. The van der Waals surface area contributed by atoms with Gasteiger partial charge in [-0.1, -0.05) is 65.0 Å². The van der Waals surface area contributed by atoms with Crippen molar-refractivity contribution in [1.82, 2.24) is 0 Å². The number of hydrogen-bond acceptors (Lipinski definition) is 12. The first kappa shape index (κ1) is 31.8. The Morgan fingerprint density at radius 2 is 1.87 bits per heavy atom. The number of rotatable bonds is 9. The molecule has 0 radical (unpaired) electrons. The van der Waals surface area contributed by atoms with E-state index in [0.29, 0.717) is 0 Å². The van der Waals surface area contributed by atoms with E-state index in [1.54, 1.807) is 32.9 Å². The van der Waals surface area contributed by atoms with E-state index in [-0.39, 0.29) is 40.9 Å². The number of methoxy groups -OCH3 is 1. The lowest BCUT2D eigenvalue weighted by atomic mass is 10.0. The molecule has 3 aromatic rings. The molecule has 0 aliphatic carbocycles. The van der Waals surface area contributed by atoms with Crippen LogP contribution in [0.25, 0.3) is 0 Å². The van der Waals surface area contributed by atoms with Crippen molar-refractivity contribution in [2.24, 2.45) is 5.16 Å². The zero-order chi connectivity index (χ0) is 32.2. The summed E-state index contributed by atoms with van der Waals surface area (Å²) in [6.45, 7) is 5.12. The van der Waals surface area contributed by atoms with Gasteiger partial charge in [0.1, 0.15) is 35.4 Å². The van der Waals surface area contributed by atoms with Crippen LogP contribution < -0.4 is 13.7 Å². The van der Waals surface area contributed by atoms with Crippen LogP contribution in [0.5, 0.6) is 17.2 Å². The lowest BCUT2D eigenvalue weighted by molar-refractivity contribution is -0.148. The molecule has 0 amide bonds. The van der Waals surface area contributed by atoms with E-state index in [1.165, 1.54) is 24.4 Å². The summed E-state index contributed by atoms with van der Waals surface area (Å²) in [7, 11) is -3.31. The van der Waals surface area contributed by atoms with E-state index in [9.17, 15) is 18.3 Å². The summed E-state index contributed by atoms with van der Waals surface area (Å²) in [5.74, 6) is 2.85. The fourth-order valence-electron chi connectivity index (χ4n) is 4.56. The summed E-state index contributed by atoms with van der Waals surface area (Å²) >= 11 is 0. The number of esters is 1. The molecular formula is C32H31NO11S. The second-order valence-electron chi connectivity index (χ2n) is 10.5. The fourth-order valence-corrected chi connectivity index (χ4v) is 5.50. The van der Waals surface area contributed by atoms with Gasteiger partial charge in [0, 0.05) is 11.6 Å². The Labute approximate surface area is 260 Å². The monoisotopic (exact) mass is 637 g/mol. The predicted molar refractivity (Wildman–Crippen MR) is 159 cm³/mol. The number of aliphatic hydroxyl groups is 1. The third-order valence-corrected chi connectivity index (χ3v) is 7.93. The SMILES string of the molecule is COC(=O)c1c(C#C[C@H](O)[C@H]2OC(C)(C)O[C@H]2/C=N/OCc2ccccc2)cc2c(c1OS(=O)(=O)c1ccc(C)cc1)OCO2. The van der Waals surface area contributed by atoms with Crippen molar-refractivity contribution >= 4 is 22.3 Å². The van der Waals surface area contributed by atoms with E-state index >= 15 is 0 Å². The van der Waals surface area contributed by atoms with Gasteiger partial charge in [-0.25, -0.2) is 4.79 Å². The highest BCUT2D eigenvalue weighted by Crippen LogP contribution is 2.46. The van der Waals surface area contributed by atoms with E-state index in [0.717, 1.165) is 18.2 Å². The molecule has 0 spiro atoms. The highest BCUT2D eigenvalue weighted by molar-refractivity contribution is 7.87. The third kappa shape index (κ3) is 7.38. The second kappa shape index (κ2) is 13.2.